The minimum absolute atomic E-state index is 0.385. The number of aromatic hydroxyl groups is 1. The molecule has 2 aliphatic carbocycles. The van der Waals surface area contributed by atoms with E-state index in [4.69, 9.17) is 0 Å². The van der Waals surface area contributed by atoms with Gasteiger partial charge in [0, 0.05) is 12.1 Å². The number of phenols is 1. The standard InChI is InChI=1S/C19H21NO/c21-16-9-10-17-15(12-16)8-11-18(17)20-19(14-6-7-14)13-4-2-1-3-5-13/h1-5,9-10,12,14,18-21H,6-8,11H2. The van der Waals surface area contributed by atoms with Crippen molar-refractivity contribution < 1.29 is 5.11 Å². The quantitative estimate of drug-likeness (QED) is 0.882. The molecule has 1 fully saturated rings. The van der Waals surface area contributed by atoms with E-state index in [9.17, 15) is 5.11 Å². The summed E-state index contributed by atoms with van der Waals surface area (Å²) < 4.78 is 0. The van der Waals surface area contributed by atoms with Crippen LogP contribution < -0.4 is 5.32 Å². The molecule has 0 spiro atoms. The van der Waals surface area contributed by atoms with Gasteiger partial charge in [0.2, 0.25) is 0 Å². The predicted molar refractivity (Wildman–Crippen MR) is 84.2 cm³/mol. The molecule has 0 radical (unpaired) electrons. The van der Waals surface area contributed by atoms with Crippen molar-refractivity contribution in [1.82, 2.24) is 5.32 Å². The van der Waals surface area contributed by atoms with Gasteiger partial charge in [0.05, 0.1) is 0 Å². The SMILES string of the molecule is Oc1ccc2c(c1)CCC2NC(c1ccccc1)C1CC1. The first kappa shape index (κ1) is 12.9. The van der Waals surface area contributed by atoms with Crippen LogP contribution in [-0.2, 0) is 6.42 Å². The molecule has 0 heterocycles. The molecule has 0 aliphatic heterocycles. The van der Waals surface area contributed by atoms with Gasteiger partial charge in [-0.05, 0) is 60.4 Å². The van der Waals surface area contributed by atoms with Gasteiger partial charge < -0.3 is 10.4 Å². The summed E-state index contributed by atoms with van der Waals surface area (Å²) in [4.78, 5) is 0. The van der Waals surface area contributed by atoms with Crippen molar-refractivity contribution >= 4 is 0 Å². The Morgan fingerprint density at radius 3 is 2.57 bits per heavy atom. The maximum absolute atomic E-state index is 9.62. The van der Waals surface area contributed by atoms with Gasteiger partial charge in [-0.3, -0.25) is 0 Å². The largest absolute Gasteiger partial charge is 0.508 e. The van der Waals surface area contributed by atoms with Crippen LogP contribution in [0.15, 0.2) is 48.5 Å². The van der Waals surface area contributed by atoms with E-state index in [0.29, 0.717) is 17.8 Å². The molecule has 2 unspecified atom stereocenters. The summed E-state index contributed by atoms with van der Waals surface area (Å²) in [6.45, 7) is 0. The summed E-state index contributed by atoms with van der Waals surface area (Å²) in [5.41, 5.74) is 4.08. The van der Waals surface area contributed by atoms with Gasteiger partial charge in [0.15, 0.2) is 0 Å². The molecule has 2 nitrogen and oxygen atoms in total. The van der Waals surface area contributed by atoms with Crippen LogP contribution in [0, 0.1) is 5.92 Å². The molecule has 0 amide bonds. The summed E-state index contributed by atoms with van der Waals surface area (Å²) in [5, 5.41) is 13.5. The number of rotatable bonds is 4. The van der Waals surface area contributed by atoms with Crippen LogP contribution in [0.4, 0.5) is 0 Å². The van der Waals surface area contributed by atoms with Crippen LogP contribution in [0.3, 0.4) is 0 Å². The van der Waals surface area contributed by atoms with E-state index in [2.05, 4.69) is 41.7 Å². The van der Waals surface area contributed by atoms with Crippen LogP contribution >= 0.6 is 0 Å². The number of fused-ring (bicyclic) bond motifs is 1. The van der Waals surface area contributed by atoms with Gasteiger partial charge >= 0.3 is 0 Å². The molecular formula is C19H21NO. The molecule has 2 aliphatic rings. The topological polar surface area (TPSA) is 32.3 Å². The molecule has 1 saturated carbocycles. The van der Waals surface area contributed by atoms with Crippen molar-refractivity contribution in [1.29, 1.82) is 0 Å². The van der Waals surface area contributed by atoms with Crippen LogP contribution in [0.5, 0.6) is 5.75 Å². The average Bonchev–Trinajstić information content (AvgIpc) is 3.27. The van der Waals surface area contributed by atoms with E-state index in [0.717, 1.165) is 18.8 Å². The molecule has 2 aromatic rings. The van der Waals surface area contributed by atoms with Crippen molar-refractivity contribution in [2.24, 2.45) is 5.92 Å². The molecule has 21 heavy (non-hydrogen) atoms. The van der Waals surface area contributed by atoms with Crippen LogP contribution in [-0.4, -0.2) is 5.11 Å². The molecular weight excluding hydrogens is 258 g/mol. The molecule has 2 atom stereocenters. The van der Waals surface area contributed by atoms with Crippen molar-refractivity contribution in [3.05, 3.63) is 65.2 Å². The second-order valence-corrected chi connectivity index (χ2v) is 6.37. The third kappa shape index (κ3) is 2.56. The Labute approximate surface area is 125 Å². The van der Waals surface area contributed by atoms with Gasteiger partial charge in [0.25, 0.3) is 0 Å². The highest BCUT2D eigenvalue weighted by atomic mass is 16.3. The summed E-state index contributed by atoms with van der Waals surface area (Å²) >= 11 is 0. The first-order valence-corrected chi connectivity index (χ1v) is 7.94. The van der Waals surface area contributed by atoms with E-state index < -0.39 is 0 Å². The average molecular weight is 279 g/mol. The second kappa shape index (κ2) is 5.19. The van der Waals surface area contributed by atoms with E-state index in [-0.39, 0.29) is 0 Å². The number of aryl methyl sites for hydroxylation is 1. The number of hydrogen-bond acceptors (Lipinski definition) is 2. The minimum atomic E-state index is 0.385. The van der Waals surface area contributed by atoms with Crippen LogP contribution in [0.2, 0.25) is 0 Å². The predicted octanol–water partition coefficient (Wildman–Crippen LogP) is 4.12. The van der Waals surface area contributed by atoms with Crippen molar-refractivity contribution in [2.75, 3.05) is 0 Å². The van der Waals surface area contributed by atoms with Gasteiger partial charge in [-0.25, -0.2) is 0 Å². The number of hydrogen-bond donors (Lipinski definition) is 2. The lowest BCUT2D eigenvalue weighted by atomic mass is 9.99. The fraction of sp³-hybridized carbons (Fsp3) is 0.368. The maximum Gasteiger partial charge on any atom is 0.115 e. The van der Waals surface area contributed by atoms with E-state index in [1.165, 1.54) is 29.5 Å². The summed E-state index contributed by atoms with van der Waals surface area (Å²) in [6, 6.07) is 17.5. The van der Waals surface area contributed by atoms with E-state index in [1.807, 2.05) is 12.1 Å². The van der Waals surface area contributed by atoms with Gasteiger partial charge in [-0.1, -0.05) is 36.4 Å². The monoisotopic (exact) mass is 279 g/mol. The zero-order valence-corrected chi connectivity index (χ0v) is 12.1. The first-order valence-electron chi connectivity index (χ1n) is 7.94. The maximum atomic E-state index is 9.62. The lowest BCUT2D eigenvalue weighted by Crippen LogP contribution is -2.26. The van der Waals surface area contributed by atoms with Crippen LogP contribution in [0.25, 0.3) is 0 Å². The molecule has 108 valence electrons. The lowest BCUT2D eigenvalue weighted by Gasteiger charge is -2.24. The first-order chi connectivity index (χ1) is 10.3. The third-order valence-electron chi connectivity index (χ3n) is 4.84. The molecule has 0 saturated heterocycles. The lowest BCUT2D eigenvalue weighted by molar-refractivity contribution is 0.408. The molecule has 2 N–H and O–H groups in total. The normalized spacial score (nSPS) is 22.0. The van der Waals surface area contributed by atoms with Gasteiger partial charge in [-0.2, -0.15) is 0 Å². The van der Waals surface area contributed by atoms with Crippen molar-refractivity contribution in [3.8, 4) is 5.75 Å². The molecule has 4 rings (SSSR count). The van der Waals surface area contributed by atoms with Gasteiger partial charge in [-0.15, -0.1) is 0 Å². The second-order valence-electron chi connectivity index (χ2n) is 6.37. The Morgan fingerprint density at radius 1 is 1.00 bits per heavy atom. The van der Waals surface area contributed by atoms with E-state index >= 15 is 0 Å². The summed E-state index contributed by atoms with van der Waals surface area (Å²) in [6.07, 6.45) is 4.87. The summed E-state index contributed by atoms with van der Waals surface area (Å²) in [5.74, 6) is 1.17. The number of phenolic OH excluding ortho intramolecular Hbond substituents is 1. The Hall–Kier alpha value is -1.80. The highest BCUT2D eigenvalue weighted by Gasteiger charge is 2.35. The Morgan fingerprint density at radius 2 is 1.81 bits per heavy atom. The highest BCUT2D eigenvalue weighted by Crippen LogP contribution is 2.44. The molecule has 0 bridgehead atoms. The fourth-order valence-corrected chi connectivity index (χ4v) is 3.59. The fourth-order valence-electron chi connectivity index (χ4n) is 3.59. The Bertz CT molecular complexity index is 633. The third-order valence-corrected chi connectivity index (χ3v) is 4.84. The van der Waals surface area contributed by atoms with Crippen molar-refractivity contribution in [2.45, 2.75) is 37.8 Å². The zero-order chi connectivity index (χ0) is 14.2. The Balaban J connectivity index is 1.58. The Kier molecular flexibility index (Phi) is 3.19. The van der Waals surface area contributed by atoms with Crippen LogP contribution in [0.1, 0.15) is 48.0 Å². The number of nitrogens with one attached hydrogen (secondary N) is 1. The highest BCUT2D eigenvalue weighted by molar-refractivity contribution is 5.40. The minimum Gasteiger partial charge on any atom is -0.508 e. The van der Waals surface area contributed by atoms with Crippen molar-refractivity contribution in [3.63, 3.8) is 0 Å². The van der Waals surface area contributed by atoms with E-state index in [1.54, 1.807) is 0 Å². The van der Waals surface area contributed by atoms with Gasteiger partial charge in [0.1, 0.15) is 5.75 Å². The molecule has 2 heteroatoms. The molecule has 0 aromatic heterocycles. The summed E-state index contributed by atoms with van der Waals surface area (Å²) in [7, 11) is 0. The molecule has 2 aromatic carbocycles. The smallest absolute Gasteiger partial charge is 0.115 e. The zero-order valence-electron chi connectivity index (χ0n) is 12.1. The number of benzene rings is 2.